The van der Waals surface area contributed by atoms with Gasteiger partial charge >= 0.3 is 0 Å². The lowest BCUT2D eigenvalue weighted by Crippen LogP contribution is -2.28. The van der Waals surface area contributed by atoms with E-state index in [1.54, 1.807) is 0 Å². The molecular formula is C45H32O. The minimum absolute atomic E-state index is 0.000694. The first-order valence-corrected chi connectivity index (χ1v) is 16.4. The molecule has 0 amide bonds. The third-order valence-corrected chi connectivity index (χ3v) is 10.8. The van der Waals surface area contributed by atoms with Gasteiger partial charge in [0, 0.05) is 27.8 Å². The monoisotopic (exact) mass is 588 g/mol. The normalized spacial score (nSPS) is 16.4. The van der Waals surface area contributed by atoms with E-state index in [1.165, 1.54) is 82.1 Å². The van der Waals surface area contributed by atoms with Crippen molar-refractivity contribution in [3.8, 4) is 44.9 Å². The van der Waals surface area contributed by atoms with Crippen LogP contribution in [-0.4, -0.2) is 0 Å². The Kier molecular flexibility index (Phi) is 5.24. The molecule has 0 aromatic heterocycles. The van der Waals surface area contributed by atoms with Crippen LogP contribution in [0.2, 0.25) is 0 Å². The van der Waals surface area contributed by atoms with Gasteiger partial charge in [0.25, 0.3) is 0 Å². The Hall–Kier alpha value is -5.40. The molecule has 1 heteroatoms. The number of para-hydroxylation sites is 1. The van der Waals surface area contributed by atoms with Gasteiger partial charge in [-0.25, -0.2) is 0 Å². The van der Waals surface area contributed by atoms with Gasteiger partial charge in [-0.05, 0) is 90.2 Å². The average molecular weight is 589 g/mol. The summed E-state index contributed by atoms with van der Waals surface area (Å²) in [6.07, 6.45) is 5.80. The van der Waals surface area contributed by atoms with Crippen molar-refractivity contribution in [1.82, 2.24) is 0 Å². The summed E-state index contributed by atoms with van der Waals surface area (Å²) in [7, 11) is 0. The summed E-state index contributed by atoms with van der Waals surface area (Å²) in [6.45, 7) is 4.70. The van der Waals surface area contributed by atoms with Gasteiger partial charge in [0.05, 0.1) is 0 Å². The van der Waals surface area contributed by atoms with Crippen LogP contribution in [0.1, 0.15) is 42.9 Å². The minimum atomic E-state index is -0.000694. The topological polar surface area (TPSA) is 9.23 Å². The molecule has 10 rings (SSSR count). The molecule has 1 aliphatic heterocycles. The van der Waals surface area contributed by atoms with Crippen molar-refractivity contribution < 1.29 is 4.74 Å². The standard InChI is InChI=1S/C45H32O/c1-45(2)40-16-6-5-11-35(40)36-22-21-30(25-41(36)45)28-17-18-29-24-32(20-19-27(29)23-28)34-12-7-15-39-38-14-8-13-37-33-10-4-3-9-31(33)26-42(43(37)38)46-44(34)39/h3-19,21-26,32H,20H2,1-2H3. The van der Waals surface area contributed by atoms with Crippen molar-refractivity contribution in [2.45, 2.75) is 31.6 Å². The van der Waals surface area contributed by atoms with Crippen LogP contribution in [0.25, 0.3) is 67.1 Å². The summed E-state index contributed by atoms with van der Waals surface area (Å²) in [5.74, 6) is 2.19. The van der Waals surface area contributed by atoms with Gasteiger partial charge in [0.1, 0.15) is 11.5 Å². The molecule has 0 fully saturated rings. The highest BCUT2D eigenvalue weighted by molar-refractivity contribution is 6.16. The maximum absolute atomic E-state index is 6.85. The summed E-state index contributed by atoms with van der Waals surface area (Å²) in [6, 6.07) is 47.0. The second kappa shape index (κ2) is 9.31. The molecule has 0 radical (unpaired) electrons. The van der Waals surface area contributed by atoms with E-state index < -0.39 is 0 Å². The van der Waals surface area contributed by atoms with Crippen molar-refractivity contribution in [2.75, 3.05) is 0 Å². The van der Waals surface area contributed by atoms with E-state index >= 15 is 0 Å². The number of fused-ring (bicyclic) bond motifs is 8. The number of benzene rings is 7. The van der Waals surface area contributed by atoms with Crippen molar-refractivity contribution in [3.63, 3.8) is 0 Å². The van der Waals surface area contributed by atoms with Gasteiger partial charge in [-0.1, -0.05) is 135 Å². The number of hydrogen-bond acceptors (Lipinski definition) is 1. The van der Waals surface area contributed by atoms with Crippen molar-refractivity contribution in [3.05, 3.63) is 155 Å². The minimum Gasteiger partial charge on any atom is -0.456 e. The molecule has 46 heavy (non-hydrogen) atoms. The lowest BCUT2D eigenvalue weighted by molar-refractivity contribution is 0.479. The summed E-state index contributed by atoms with van der Waals surface area (Å²) in [5.41, 5.74) is 11.8. The smallest absolute Gasteiger partial charge is 0.139 e. The second-order valence-electron chi connectivity index (χ2n) is 13.6. The van der Waals surface area contributed by atoms with Gasteiger partial charge < -0.3 is 4.74 Å². The summed E-state index contributed by atoms with van der Waals surface area (Å²) in [4.78, 5) is 0. The molecule has 3 aliphatic rings. The summed E-state index contributed by atoms with van der Waals surface area (Å²) in [5, 5.41) is 7.54. The van der Waals surface area contributed by atoms with Crippen molar-refractivity contribution in [1.29, 1.82) is 0 Å². The Labute approximate surface area is 268 Å². The Bertz CT molecular complexity index is 2570. The van der Waals surface area contributed by atoms with Gasteiger partial charge in [0.2, 0.25) is 0 Å². The second-order valence-corrected chi connectivity index (χ2v) is 13.6. The Morgan fingerprint density at radius 1 is 0.587 bits per heavy atom. The van der Waals surface area contributed by atoms with Crippen LogP contribution in [-0.2, 0) is 5.41 Å². The van der Waals surface area contributed by atoms with Crippen LogP contribution in [0.5, 0.6) is 11.5 Å². The molecule has 0 N–H and O–H groups in total. The largest absolute Gasteiger partial charge is 0.456 e. The first kappa shape index (κ1) is 25.9. The Morgan fingerprint density at radius 2 is 1.33 bits per heavy atom. The molecule has 1 heterocycles. The molecule has 1 atom stereocenters. The molecule has 1 nitrogen and oxygen atoms in total. The van der Waals surface area contributed by atoms with Crippen molar-refractivity contribution >= 4 is 33.7 Å². The molecule has 7 aromatic rings. The highest BCUT2D eigenvalue weighted by atomic mass is 16.5. The lowest BCUT2D eigenvalue weighted by Gasteiger charge is -2.26. The fraction of sp³-hybridized carbons (Fsp3) is 0.111. The van der Waals surface area contributed by atoms with Crippen LogP contribution >= 0.6 is 0 Å². The SMILES string of the molecule is CC1(C)c2ccccc2-c2ccc(-c3ccc4c(c3)=CCC(c3cccc5c3Oc3cc6ccccc6c6cccc-5c36)C=4)cc21. The molecule has 7 aromatic carbocycles. The van der Waals surface area contributed by atoms with Crippen molar-refractivity contribution in [2.24, 2.45) is 0 Å². The highest BCUT2D eigenvalue weighted by Gasteiger charge is 2.35. The zero-order valence-corrected chi connectivity index (χ0v) is 26.0. The van der Waals surface area contributed by atoms with E-state index in [1.807, 2.05) is 0 Å². The maximum Gasteiger partial charge on any atom is 0.139 e. The zero-order chi connectivity index (χ0) is 30.6. The van der Waals surface area contributed by atoms with Gasteiger partial charge in [-0.15, -0.1) is 0 Å². The molecule has 218 valence electrons. The summed E-state index contributed by atoms with van der Waals surface area (Å²) < 4.78 is 6.85. The number of hydrogen-bond donors (Lipinski definition) is 0. The average Bonchev–Trinajstić information content (AvgIpc) is 3.33. The van der Waals surface area contributed by atoms with Crippen LogP contribution in [0.4, 0.5) is 0 Å². The molecule has 1 unspecified atom stereocenters. The fourth-order valence-electron chi connectivity index (χ4n) is 8.43. The molecule has 0 spiro atoms. The van der Waals surface area contributed by atoms with Crippen LogP contribution in [0, 0.1) is 0 Å². The van der Waals surface area contributed by atoms with Gasteiger partial charge in [-0.3, -0.25) is 0 Å². The highest BCUT2D eigenvalue weighted by Crippen LogP contribution is 2.52. The van der Waals surface area contributed by atoms with E-state index in [-0.39, 0.29) is 11.3 Å². The number of ether oxygens (including phenoxy) is 1. The predicted octanol–water partition coefficient (Wildman–Crippen LogP) is 10.5. The zero-order valence-electron chi connectivity index (χ0n) is 26.0. The third kappa shape index (κ3) is 3.57. The quantitative estimate of drug-likeness (QED) is 0.183. The molecule has 0 bridgehead atoms. The fourth-order valence-corrected chi connectivity index (χ4v) is 8.43. The first-order valence-electron chi connectivity index (χ1n) is 16.4. The Balaban J connectivity index is 1.04. The van der Waals surface area contributed by atoms with E-state index in [0.29, 0.717) is 0 Å². The first-order chi connectivity index (χ1) is 22.5. The lowest BCUT2D eigenvalue weighted by atomic mass is 9.81. The molecule has 0 saturated heterocycles. The van der Waals surface area contributed by atoms with E-state index in [0.717, 1.165) is 17.9 Å². The van der Waals surface area contributed by atoms with Gasteiger partial charge in [0.15, 0.2) is 0 Å². The van der Waals surface area contributed by atoms with Crippen LogP contribution in [0.15, 0.2) is 127 Å². The third-order valence-electron chi connectivity index (χ3n) is 10.8. The molecule has 2 aliphatic carbocycles. The maximum atomic E-state index is 6.85. The van der Waals surface area contributed by atoms with Gasteiger partial charge in [-0.2, -0.15) is 0 Å². The van der Waals surface area contributed by atoms with E-state index in [2.05, 4.69) is 153 Å². The van der Waals surface area contributed by atoms with Crippen LogP contribution < -0.4 is 15.2 Å². The molecular weight excluding hydrogens is 556 g/mol. The van der Waals surface area contributed by atoms with E-state index in [4.69, 9.17) is 4.74 Å². The van der Waals surface area contributed by atoms with Crippen LogP contribution in [0.3, 0.4) is 0 Å². The molecule has 0 saturated carbocycles. The Morgan fingerprint density at radius 3 is 2.28 bits per heavy atom. The summed E-state index contributed by atoms with van der Waals surface area (Å²) >= 11 is 0. The van der Waals surface area contributed by atoms with E-state index in [9.17, 15) is 0 Å². The predicted molar refractivity (Wildman–Crippen MR) is 192 cm³/mol. The number of rotatable bonds is 2.